The van der Waals surface area contributed by atoms with Crippen LogP contribution < -0.4 is 0 Å². The molecule has 0 bridgehead atoms. The second-order valence-electron chi connectivity index (χ2n) is 15.0. The maximum Gasteiger partial charge on any atom is 0.0541 e. The first kappa shape index (κ1) is 33.0. The van der Waals surface area contributed by atoms with Gasteiger partial charge in [0.05, 0.1) is 22.1 Å². The van der Waals surface area contributed by atoms with E-state index in [9.17, 15) is 0 Å². The molecule has 0 aliphatic heterocycles. The lowest BCUT2D eigenvalue weighted by molar-refractivity contribution is 1.18. The molecule has 0 saturated heterocycles. The second-order valence-corrected chi connectivity index (χ2v) is 15.0. The molecule has 11 aromatic rings. The minimum Gasteiger partial charge on any atom is -0.309 e. The summed E-state index contributed by atoms with van der Waals surface area (Å²) < 4.78 is 4.83. The smallest absolute Gasteiger partial charge is 0.0541 e. The summed E-state index contributed by atoms with van der Waals surface area (Å²) in [6, 6.07) is 77.5. The van der Waals surface area contributed by atoms with Gasteiger partial charge in [0, 0.05) is 32.9 Å². The Morgan fingerprint density at radius 2 is 0.667 bits per heavy atom. The van der Waals surface area contributed by atoms with Gasteiger partial charge in [0.2, 0.25) is 0 Å². The summed E-state index contributed by atoms with van der Waals surface area (Å²) in [6.45, 7) is 2.21. The van der Waals surface area contributed by atoms with Crippen molar-refractivity contribution >= 4 is 43.6 Å². The van der Waals surface area contributed by atoms with Gasteiger partial charge in [-0.15, -0.1) is 0 Å². The fourth-order valence-electron chi connectivity index (χ4n) is 8.93. The van der Waals surface area contributed by atoms with Crippen molar-refractivity contribution in [1.82, 2.24) is 9.13 Å². The second kappa shape index (κ2) is 13.4. The van der Waals surface area contributed by atoms with Crippen LogP contribution in [-0.4, -0.2) is 9.13 Å². The third kappa shape index (κ3) is 5.57. The Balaban J connectivity index is 1.01. The zero-order valence-corrected chi connectivity index (χ0v) is 31.6. The summed E-state index contributed by atoms with van der Waals surface area (Å²) in [5.74, 6) is 0. The number of nitrogens with zero attached hydrogens (tertiary/aromatic N) is 2. The quantitative estimate of drug-likeness (QED) is 0.161. The molecule has 11 rings (SSSR count). The lowest BCUT2D eigenvalue weighted by atomic mass is 9.95. The van der Waals surface area contributed by atoms with Crippen molar-refractivity contribution in [1.29, 1.82) is 0 Å². The zero-order valence-electron chi connectivity index (χ0n) is 31.6. The van der Waals surface area contributed by atoms with Gasteiger partial charge in [0.25, 0.3) is 0 Å². The first-order valence-electron chi connectivity index (χ1n) is 19.7. The molecule has 9 aromatic carbocycles. The molecule has 2 heteroatoms. The van der Waals surface area contributed by atoms with Crippen LogP contribution in [0.15, 0.2) is 212 Å². The predicted molar refractivity (Wildman–Crippen MR) is 242 cm³/mol. The van der Waals surface area contributed by atoms with E-state index in [4.69, 9.17) is 0 Å². The highest BCUT2D eigenvalue weighted by Crippen LogP contribution is 2.39. The molecule has 0 saturated carbocycles. The SMILES string of the molecule is Cc1cc(-c2cccc(-n3c4ccccc4c4cc(-c5ccc6c(c5)c5ccccc5n6-c5cccc(-c6ccccc6)c5)ccc43)c2)ccc1-c1ccccc1. The van der Waals surface area contributed by atoms with E-state index in [1.165, 1.54) is 93.7 Å². The maximum absolute atomic E-state index is 2.42. The van der Waals surface area contributed by atoms with Crippen LogP contribution in [0, 0.1) is 6.92 Å². The van der Waals surface area contributed by atoms with Crippen LogP contribution in [0.1, 0.15) is 5.56 Å². The van der Waals surface area contributed by atoms with Crippen molar-refractivity contribution in [3.8, 4) is 55.9 Å². The average Bonchev–Trinajstić information content (AvgIpc) is 3.79. The highest BCUT2D eigenvalue weighted by atomic mass is 15.0. The highest BCUT2D eigenvalue weighted by molar-refractivity contribution is 6.12. The van der Waals surface area contributed by atoms with E-state index >= 15 is 0 Å². The van der Waals surface area contributed by atoms with Crippen molar-refractivity contribution in [3.05, 3.63) is 218 Å². The van der Waals surface area contributed by atoms with Gasteiger partial charge in [-0.1, -0.05) is 152 Å². The molecule has 0 atom stereocenters. The number of para-hydroxylation sites is 2. The minimum absolute atomic E-state index is 1.15. The van der Waals surface area contributed by atoms with Crippen LogP contribution in [0.25, 0.3) is 99.5 Å². The molecule has 0 N–H and O–H groups in total. The minimum atomic E-state index is 1.15. The Kier molecular flexibility index (Phi) is 7.75. The van der Waals surface area contributed by atoms with Gasteiger partial charge >= 0.3 is 0 Å². The topological polar surface area (TPSA) is 9.86 Å². The normalized spacial score (nSPS) is 11.6. The Hall–Kier alpha value is -7.42. The zero-order chi connectivity index (χ0) is 37.9. The lowest BCUT2D eigenvalue weighted by Crippen LogP contribution is -1.95. The Labute approximate surface area is 332 Å². The van der Waals surface area contributed by atoms with Gasteiger partial charge in [-0.3, -0.25) is 0 Å². The molecular formula is C55H38N2. The summed E-state index contributed by atoms with van der Waals surface area (Å²) in [6.07, 6.45) is 0. The van der Waals surface area contributed by atoms with Gasteiger partial charge in [-0.05, 0) is 118 Å². The highest BCUT2D eigenvalue weighted by Gasteiger charge is 2.17. The van der Waals surface area contributed by atoms with Gasteiger partial charge < -0.3 is 9.13 Å². The number of benzene rings is 9. The number of fused-ring (bicyclic) bond motifs is 6. The summed E-state index contributed by atoms with van der Waals surface area (Å²) in [5.41, 5.74) is 18.2. The molecule has 0 spiro atoms. The number of hydrogen-bond acceptors (Lipinski definition) is 0. The third-order valence-corrected chi connectivity index (χ3v) is 11.6. The van der Waals surface area contributed by atoms with Gasteiger partial charge in [0.15, 0.2) is 0 Å². The van der Waals surface area contributed by atoms with Crippen LogP contribution in [0.5, 0.6) is 0 Å². The van der Waals surface area contributed by atoms with Gasteiger partial charge in [-0.25, -0.2) is 0 Å². The average molecular weight is 727 g/mol. The van der Waals surface area contributed by atoms with E-state index in [1.54, 1.807) is 0 Å². The van der Waals surface area contributed by atoms with Crippen LogP contribution in [0.2, 0.25) is 0 Å². The van der Waals surface area contributed by atoms with Crippen molar-refractivity contribution in [2.75, 3.05) is 0 Å². The number of aromatic nitrogens is 2. The molecule has 2 heterocycles. The molecule has 0 amide bonds. The van der Waals surface area contributed by atoms with Gasteiger partial charge in [-0.2, -0.15) is 0 Å². The standard InChI is InChI=1S/C55H38N2/c1-37-32-42(26-29-47(37)39-16-6-3-7-17-39)41-19-13-21-46(34-41)57-53-25-11-9-23-49(53)51-36-44(28-31-55(51)57)43-27-30-54-50(35-43)48-22-8-10-24-52(48)56(54)45-20-12-18-40(33-45)38-14-4-2-5-15-38/h2-36H,1H3. The first-order chi connectivity index (χ1) is 28.2. The van der Waals surface area contributed by atoms with E-state index in [1.807, 2.05) is 0 Å². The van der Waals surface area contributed by atoms with Crippen LogP contribution in [0.3, 0.4) is 0 Å². The molecular weight excluding hydrogens is 689 g/mol. The largest absolute Gasteiger partial charge is 0.309 e. The molecule has 57 heavy (non-hydrogen) atoms. The van der Waals surface area contributed by atoms with E-state index in [0.29, 0.717) is 0 Å². The molecule has 0 unspecified atom stereocenters. The summed E-state index contributed by atoms with van der Waals surface area (Å²) in [7, 11) is 0. The van der Waals surface area contributed by atoms with E-state index in [-0.39, 0.29) is 0 Å². The number of hydrogen-bond donors (Lipinski definition) is 0. The molecule has 268 valence electrons. The molecule has 0 aliphatic rings. The van der Waals surface area contributed by atoms with Crippen LogP contribution in [-0.2, 0) is 0 Å². The Bertz CT molecular complexity index is 3290. The van der Waals surface area contributed by atoms with E-state index in [0.717, 1.165) is 11.4 Å². The summed E-state index contributed by atoms with van der Waals surface area (Å²) in [5, 5.41) is 5.00. The Morgan fingerprint density at radius 1 is 0.263 bits per heavy atom. The Morgan fingerprint density at radius 3 is 1.21 bits per heavy atom. The van der Waals surface area contributed by atoms with Crippen molar-refractivity contribution in [2.45, 2.75) is 6.92 Å². The fourth-order valence-corrected chi connectivity index (χ4v) is 8.93. The molecule has 0 aliphatic carbocycles. The molecule has 0 fully saturated rings. The molecule has 2 aromatic heterocycles. The van der Waals surface area contributed by atoms with Crippen LogP contribution >= 0.6 is 0 Å². The third-order valence-electron chi connectivity index (χ3n) is 11.6. The lowest BCUT2D eigenvalue weighted by Gasteiger charge is -2.13. The number of rotatable bonds is 6. The van der Waals surface area contributed by atoms with Gasteiger partial charge in [0.1, 0.15) is 0 Å². The number of aryl methyl sites for hydroxylation is 1. The maximum atomic E-state index is 2.42. The summed E-state index contributed by atoms with van der Waals surface area (Å²) in [4.78, 5) is 0. The predicted octanol–water partition coefficient (Wildman–Crippen LogP) is 14.9. The first-order valence-corrected chi connectivity index (χ1v) is 19.7. The molecule has 2 nitrogen and oxygen atoms in total. The van der Waals surface area contributed by atoms with Crippen molar-refractivity contribution < 1.29 is 0 Å². The monoisotopic (exact) mass is 726 g/mol. The van der Waals surface area contributed by atoms with Crippen LogP contribution in [0.4, 0.5) is 0 Å². The fraction of sp³-hybridized carbons (Fsp3) is 0.0182. The van der Waals surface area contributed by atoms with Crippen molar-refractivity contribution in [3.63, 3.8) is 0 Å². The summed E-state index contributed by atoms with van der Waals surface area (Å²) >= 11 is 0. The van der Waals surface area contributed by atoms with E-state index in [2.05, 4.69) is 228 Å². The van der Waals surface area contributed by atoms with E-state index < -0.39 is 0 Å². The van der Waals surface area contributed by atoms with Crippen molar-refractivity contribution in [2.24, 2.45) is 0 Å². The molecule has 0 radical (unpaired) electrons.